The average Bonchev–Trinajstić information content (AvgIpc) is 0.836. The number of hydrogen-bond acceptors (Lipinski definition) is 18. The fraction of sp³-hybridized carbons (Fsp3) is 0.646. The maximum absolute atomic E-state index is 12.9. The van der Waals surface area contributed by atoms with Crippen LogP contribution in [0.2, 0.25) is 0 Å². The van der Waals surface area contributed by atoms with Gasteiger partial charge in [-0.3, -0.25) is 28.8 Å². The number of likely N-dealkylation sites (tertiary alicyclic amines) is 3. The quantitative estimate of drug-likeness (QED) is 0.0260. The standard InChI is InChI=1S/C28H41NO6.C28H39NO6.C26H37NO6/c2*1-20-18-21(19-24(33-2)26(20)34-3)12-6-5-11-17-35-28(32)23-15-9-10-16-29(23)27(31)25(30)22-13-7-4-8-14-22;1-18-16-19(17-22(31-2)24(18)32-3)10-9-15-33-26(30)21-13-7-8-14-27(21)25(29)23(28)20-11-5-4-6-12-20/h18-19,22-23H,4-17H2,1-3H3;6,12,18-19,22-23H,4-5,7-11,13-17H2,1-3H3;16-17,20-21H,4-15H2,1-3H3/b;12-6+;. The first-order chi connectivity index (χ1) is 49.9. The van der Waals surface area contributed by atoms with Gasteiger partial charge in [-0.1, -0.05) is 82.1 Å². The van der Waals surface area contributed by atoms with Gasteiger partial charge in [0.15, 0.2) is 34.5 Å². The summed E-state index contributed by atoms with van der Waals surface area (Å²) in [6.07, 6.45) is 31.2. The van der Waals surface area contributed by atoms with Crippen LogP contribution in [0.5, 0.6) is 34.5 Å². The number of benzene rings is 3. The summed E-state index contributed by atoms with van der Waals surface area (Å²) in [4.78, 5) is 120. The molecule has 21 heteroatoms. The van der Waals surface area contributed by atoms with Crippen LogP contribution in [0.1, 0.15) is 226 Å². The lowest BCUT2D eigenvalue weighted by atomic mass is 9.85. The molecular weight excluding hydrogens is 1310 g/mol. The third kappa shape index (κ3) is 24.0. The predicted octanol–water partition coefficient (Wildman–Crippen LogP) is 13.7. The molecule has 0 radical (unpaired) electrons. The molecule has 3 atom stereocenters. The van der Waals surface area contributed by atoms with E-state index in [4.69, 9.17) is 42.6 Å². The zero-order chi connectivity index (χ0) is 74.2. The number of carbonyl (C=O) groups is 9. The van der Waals surface area contributed by atoms with Crippen LogP contribution in [0.4, 0.5) is 0 Å². The number of ketones is 3. The molecule has 3 saturated heterocycles. The van der Waals surface area contributed by atoms with Crippen molar-refractivity contribution in [3.05, 3.63) is 75.9 Å². The largest absolute Gasteiger partial charge is 0.493 e. The molecule has 3 aliphatic carbocycles. The molecule has 0 spiro atoms. The topological polar surface area (TPSA) is 246 Å². The number of nitrogens with zero attached hydrogens (tertiary/aromatic N) is 3. The molecule has 6 aliphatic rings. The number of Topliss-reactive ketones (excluding diaryl/α,β-unsaturated/α-hetero) is 3. The molecule has 3 saturated carbocycles. The van der Waals surface area contributed by atoms with Crippen molar-refractivity contribution in [2.45, 2.75) is 244 Å². The van der Waals surface area contributed by atoms with Crippen LogP contribution in [0.3, 0.4) is 0 Å². The first-order valence-electron chi connectivity index (χ1n) is 38.2. The second-order valence-corrected chi connectivity index (χ2v) is 28.5. The maximum atomic E-state index is 12.9. The van der Waals surface area contributed by atoms with Crippen LogP contribution in [-0.2, 0) is 70.2 Å². The van der Waals surface area contributed by atoms with E-state index in [0.717, 1.165) is 224 Å². The minimum atomic E-state index is -0.651. The minimum Gasteiger partial charge on any atom is -0.493 e. The van der Waals surface area contributed by atoms with E-state index in [2.05, 4.69) is 6.07 Å². The van der Waals surface area contributed by atoms with Crippen molar-refractivity contribution in [1.29, 1.82) is 0 Å². The number of ether oxygens (including phenoxy) is 9. The molecule has 3 amide bonds. The number of allylic oxidation sites excluding steroid dienone is 1. The van der Waals surface area contributed by atoms with Crippen molar-refractivity contribution in [3.8, 4) is 34.5 Å². The molecule has 3 aromatic carbocycles. The van der Waals surface area contributed by atoms with E-state index in [0.29, 0.717) is 69.8 Å². The number of carbonyl (C=O) groups excluding carboxylic acids is 9. The van der Waals surface area contributed by atoms with E-state index >= 15 is 0 Å². The second-order valence-electron chi connectivity index (χ2n) is 28.5. The Morgan fingerprint density at radius 2 is 0.689 bits per heavy atom. The molecule has 3 heterocycles. The number of aryl methyl sites for hydroxylation is 5. The van der Waals surface area contributed by atoms with Gasteiger partial charge in [0, 0.05) is 37.4 Å². The highest BCUT2D eigenvalue weighted by Crippen LogP contribution is 2.37. The third-order valence-corrected chi connectivity index (χ3v) is 21.1. The van der Waals surface area contributed by atoms with Crippen molar-refractivity contribution in [2.24, 2.45) is 17.8 Å². The van der Waals surface area contributed by atoms with Crippen molar-refractivity contribution < 1.29 is 85.8 Å². The predicted molar refractivity (Wildman–Crippen MR) is 393 cm³/mol. The summed E-state index contributed by atoms with van der Waals surface area (Å²) in [6, 6.07) is 10.1. The molecule has 6 fully saturated rings. The molecule has 568 valence electrons. The van der Waals surface area contributed by atoms with Crippen LogP contribution in [0, 0.1) is 38.5 Å². The van der Waals surface area contributed by atoms with E-state index in [1.54, 1.807) is 42.7 Å². The van der Waals surface area contributed by atoms with Gasteiger partial charge >= 0.3 is 17.9 Å². The fourth-order valence-corrected chi connectivity index (χ4v) is 15.4. The average molecular weight is 1430 g/mol. The number of esters is 3. The number of amides is 3. The smallest absolute Gasteiger partial charge is 0.328 e. The fourth-order valence-electron chi connectivity index (χ4n) is 15.4. The van der Waals surface area contributed by atoms with Gasteiger partial charge in [-0.2, -0.15) is 0 Å². The molecule has 3 aromatic rings. The number of unbranched alkanes of at least 4 members (excludes halogenated alkanes) is 3. The van der Waals surface area contributed by atoms with Gasteiger partial charge in [0.25, 0.3) is 17.7 Å². The third-order valence-electron chi connectivity index (χ3n) is 21.1. The summed E-state index contributed by atoms with van der Waals surface area (Å²) in [6.45, 7) is 8.18. The van der Waals surface area contributed by atoms with Crippen molar-refractivity contribution >= 4 is 59.1 Å². The maximum Gasteiger partial charge on any atom is 0.328 e. The number of piperidine rings is 3. The van der Waals surface area contributed by atoms with E-state index in [1.165, 1.54) is 20.3 Å². The summed E-state index contributed by atoms with van der Waals surface area (Å²) >= 11 is 0. The van der Waals surface area contributed by atoms with E-state index in [-0.39, 0.29) is 54.3 Å². The molecule has 9 rings (SSSR count). The van der Waals surface area contributed by atoms with E-state index in [1.807, 2.05) is 63.3 Å². The normalized spacial score (nSPS) is 18.9. The van der Waals surface area contributed by atoms with Gasteiger partial charge in [0.2, 0.25) is 17.3 Å². The molecule has 21 nitrogen and oxygen atoms in total. The van der Waals surface area contributed by atoms with Crippen LogP contribution in [0.25, 0.3) is 6.08 Å². The highest BCUT2D eigenvalue weighted by Gasteiger charge is 2.42. The van der Waals surface area contributed by atoms with Crippen LogP contribution >= 0.6 is 0 Å². The Hall–Kier alpha value is -7.97. The summed E-state index contributed by atoms with van der Waals surface area (Å²) in [5, 5.41) is 0. The molecule has 0 aromatic heterocycles. The van der Waals surface area contributed by atoms with Crippen LogP contribution in [0.15, 0.2) is 42.5 Å². The second kappa shape index (κ2) is 43.3. The Labute approximate surface area is 611 Å². The Kier molecular flexibility index (Phi) is 34.6. The lowest BCUT2D eigenvalue weighted by molar-refractivity contribution is -0.160. The van der Waals surface area contributed by atoms with Gasteiger partial charge in [0.1, 0.15) is 18.1 Å². The molecule has 3 unspecified atom stereocenters. The molecule has 3 aliphatic heterocycles. The van der Waals surface area contributed by atoms with Gasteiger partial charge in [-0.25, -0.2) is 14.4 Å². The first kappa shape index (κ1) is 82.3. The highest BCUT2D eigenvalue weighted by molar-refractivity contribution is 6.38. The van der Waals surface area contributed by atoms with Crippen molar-refractivity contribution in [1.82, 2.24) is 14.7 Å². The van der Waals surface area contributed by atoms with Crippen molar-refractivity contribution in [3.63, 3.8) is 0 Å². The molecule has 103 heavy (non-hydrogen) atoms. The zero-order valence-corrected chi connectivity index (χ0v) is 63.1. The van der Waals surface area contributed by atoms with Crippen LogP contribution < -0.4 is 28.4 Å². The number of rotatable bonds is 30. The minimum absolute atomic E-state index is 0.177. The van der Waals surface area contributed by atoms with E-state index < -0.39 is 47.8 Å². The molecular formula is C82H117N3O18. The van der Waals surface area contributed by atoms with E-state index in [9.17, 15) is 43.2 Å². The highest BCUT2D eigenvalue weighted by atomic mass is 16.5. The van der Waals surface area contributed by atoms with Gasteiger partial charge in [0.05, 0.1) is 62.5 Å². The monoisotopic (exact) mass is 1430 g/mol. The number of hydrogen-bond donors (Lipinski definition) is 0. The first-order valence-corrected chi connectivity index (χ1v) is 38.2. The zero-order valence-electron chi connectivity index (χ0n) is 63.1. The molecule has 0 N–H and O–H groups in total. The summed E-state index contributed by atoms with van der Waals surface area (Å²) in [5.41, 5.74) is 6.31. The van der Waals surface area contributed by atoms with Crippen LogP contribution in [-0.4, -0.2) is 168 Å². The molecule has 0 bridgehead atoms. The van der Waals surface area contributed by atoms with Gasteiger partial charge in [-0.05, 0) is 226 Å². The lowest BCUT2D eigenvalue weighted by Crippen LogP contribution is -2.52. The SMILES string of the molecule is COc1cc(/C=C/CCCOC(=O)C2CCCCN2C(=O)C(=O)C2CCCCC2)cc(C)c1OC.COc1cc(CCCCCOC(=O)C2CCCCN2C(=O)C(=O)C2CCCCC2)cc(C)c1OC.COc1cc(CCCOC(=O)C2CCCCN2C(=O)C(=O)C2CCCCC2)cc(C)c1OC. The Morgan fingerprint density at radius 1 is 0.359 bits per heavy atom. The lowest BCUT2D eigenvalue weighted by Gasteiger charge is -2.34. The Morgan fingerprint density at radius 3 is 1.06 bits per heavy atom. The Bertz CT molecular complexity index is 3330. The number of methoxy groups -OCH3 is 6. The summed E-state index contributed by atoms with van der Waals surface area (Å²) in [5.74, 6) is 0.191. The summed E-state index contributed by atoms with van der Waals surface area (Å²) < 4.78 is 49.0. The summed E-state index contributed by atoms with van der Waals surface area (Å²) in [7, 11) is 9.75. The van der Waals surface area contributed by atoms with Crippen molar-refractivity contribution in [2.75, 3.05) is 82.1 Å². The van der Waals surface area contributed by atoms with Gasteiger partial charge < -0.3 is 57.3 Å². The Balaban J connectivity index is 0.000000216. The van der Waals surface area contributed by atoms with Gasteiger partial charge in [-0.15, -0.1) is 0 Å².